The summed E-state index contributed by atoms with van der Waals surface area (Å²) in [7, 11) is 1.48. The minimum Gasteiger partial charge on any atom is -0.494 e. The molecule has 2 saturated heterocycles. The number of halogens is 1. The van der Waals surface area contributed by atoms with Crippen LogP contribution in [0, 0.1) is 11.7 Å². The van der Waals surface area contributed by atoms with Crippen molar-refractivity contribution < 1.29 is 18.7 Å². The van der Waals surface area contributed by atoms with Crippen molar-refractivity contribution in [3.63, 3.8) is 0 Å². The zero-order chi connectivity index (χ0) is 21.6. The molecule has 0 spiro atoms. The zero-order valence-electron chi connectivity index (χ0n) is 17.9. The van der Waals surface area contributed by atoms with E-state index in [0.29, 0.717) is 18.7 Å². The third-order valence-electron chi connectivity index (χ3n) is 6.20. The molecule has 1 amide bonds. The van der Waals surface area contributed by atoms with Crippen molar-refractivity contribution in [2.45, 2.75) is 44.4 Å². The Kier molecular flexibility index (Phi) is 7.14. The molecule has 2 aliphatic rings. The molecule has 0 bridgehead atoms. The van der Waals surface area contributed by atoms with E-state index in [9.17, 15) is 9.18 Å². The van der Waals surface area contributed by atoms with Crippen molar-refractivity contribution in [3.05, 3.63) is 59.7 Å². The van der Waals surface area contributed by atoms with Gasteiger partial charge in [0.1, 0.15) is 6.10 Å². The number of aromatic nitrogens is 1. The predicted octanol–water partition coefficient (Wildman–Crippen LogP) is 3.48. The summed E-state index contributed by atoms with van der Waals surface area (Å²) in [5, 5.41) is 3.21. The Morgan fingerprint density at radius 2 is 2.19 bits per heavy atom. The van der Waals surface area contributed by atoms with Gasteiger partial charge >= 0.3 is 0 Å². The maximum Gasteiger partial charge on any atom is 0.249 e. The topological polar surface area (TPSA) is 63.7 Å². The van der Waals surface area contributed by atoms with Crippen LogP contribution >= 0.6 is 0 Å². The number of pyridine rings is 1. The van der Waals surface area contributed by atoms with Gasteiger partial charge in [-0.2, -0.15) is 0 Å². The van der Waals surface area contributed by atoms with E-state index in [1.54, 1.807) is 18.3 Å². The molecule has 166 valence electrons. The Morgan fingerprint density at radius 1 is 1.29 bits per heavy atom. The Morgan fingerprint density at radius 3 is 2.94 bits per heavy atom. The van der Waals surface area contributed by atoms with Crippen LogP contribution in [0.2, 0.25) is 0 Å². The second-order valence-corrected chi connectivity index (χ2v) is 8.31. The van der Waals surface area contributed by atoms with Gasteiger partial charge in [0, 0.05) is 31.5 Å². The van der Waals surface area contributed by atoms with Crippen molar-refractivity contribution in [3.8, 4) is 5.75 Å². The van der Waals surface area contributed by atoms with Gasteiger partial charge in [0.05, 0.1) is 18.8 Å². The number of ether oxygens (including phenoxy) is 2. The number of rotatable bonds is 7. The summed E-state index contributed by atoms with van der Waals surface area (Å²) in [5.41, 5.74) is 1.48. The molecule has 0 aliphatic carbocycles. The van der Waals surface area contributed by atoms with Crippen LogP contribution in [0.25, 0.3) is 0 Å². The fourth-order valence-electron chi connectivity index (χ4n) is 4.61. The summed E-state index contributed by atoms with van der Waals surface area (Å²) in [5.74, 6) is 0.0770. The van der Waals surface area contributed by atoms with Gasteiger partial charge in [-0.25, -0.2) is 4.39 Å². The van der Waals surface area contributed by atoms with E-state index in [4.69, 9.17) is 9.47 Å². The lowest BCUT2D eigenvalue weighted by atomic mass is 9.88. The highest BCUT2D eigenvalue weighted by Crippen LogP contribution is 2.31. The summed E-state index contributed by atoms with van der Waals surface area (Å²) in [4.78, 5) is 19.6. The molecule has 6 nitrogen and oxygen atoms in total. The van der Waals surface area contributed by atoms with E-state index in [2.05, 4.69) is 15.2 Å². The Bertz CT molecular complexity index is 874. The number of likely N-dealkylation sites (tertiary alicyclic amines) is 1. The maximum absolute atomic E-state index is 14.7. The van der Waals surface area contributed by atoms with Crippen molar-refractivity contribution in [2.75, 3.05) is 26.8 Å². The highest BCUT2D eigenvalue weighted by molar-refractivity contribution is 5.81. The van der Waals surface area contributed by atoms with Gasteiger partial charge in [-0.3, -0.25) is 14.7 Å². The number of carbonyl (C=O) groups is 1. The largest absolute Gasteiger partial charge is 0.494 e. The second kappa shape index (κ2) is 10.2. The standard InChI is InChI=1S/C24H30FN3O3/c1-30-20-10-4-7-17(22(20)25)15-28-13-5-8-18(16-28)23(19-9-2-3-12-26-19)27-24(29)21-11-6-14-31-21/h2-4,7,9-10,12,18,21,23H,5-6,8,11,13-16H2,1H3,(H,27,29)/t18-,21-,23-/m0/s1. The number of nitrogens with one attached hydrogen (secondary N) is 1. The molecule has 31 heavy (non-hydrogen) atoms. The Hall–Kier alpha value is -2.51. The van der Waals surface area contributed by atoms with E-state index in [-0.39, 0.29) is 35.5 Å². The first-order chi connectivity index (χ1) is 15.2. The van der Waals surface area contributed by atoms with Crippen LogP contribution in [0.3, 0.4) is 0 Å². The number of methoxy groups -OCH3 is 1. The molecule has 1 aromatic heterocycles. The van der Waals surface area contributed by atoms with Crippen LogP contribution in [-0.2, 0) is 16.1 Å². The monoisotopic (exact) mass is 427 g/mol. The third-order valence-corrected chi connectivity index (χ3v) is 6.20. The maximum atomic E-state index is 14.7. The minimum absolute atomic E-state index is 0.0656. The van der Waals surface area contributed by atoms with Crippen molar-refractivity contribution in [1.29, 1.82) is 0 Å². The molecule has 0 radical (unpaired) electrons. The molecule has 4 rings (SSSR count). The van der Waals surface area contributed by atoms with E-state index >= 15 is 0 Å². The predicted molar refractivity (Wildman–Crippen MR) is 115 cm³/mol. The van der Waals surface area contributed by atoms with Gasteiger partial charge in [0.25, 0.3) is 0 Å². The molecule has 2 aromatic rings. The highest BCUT2D eigenvalue weighted by atomic mass is 19.1. The lowest BCUT2D eigenvalue weighted by Crippen LogP contribution is -2.45. The lowest BCUT2D eigenvalue weighted by Gasteiger charge is -2.37. The van der Waals surface area contributed by atoms with E-state index < -0.39 is 0 Å². The van der Waals surface area contributed by atoms with Crippen LogP contribution in [0.4, 0.5) is 4.39 Å². The molecule has 2 aliphatic heterocycles. The normalized spacial score (nSPS) is 22.8. The molecule has 0 saturated carbocycles. The number of carbonyl (C=O) groups excluding carboxylic acids is 1. The highest BCUT2D eigenvalue weighted by Gasteiger charge is 2.33. The molecule has 1 aromatic carbocycles. The van der Waals surface area contributed by atoms with E-state index in [1.165, 1.54) is 7.11 Å². The van der Waals surface area contributed by atoms with Gasteiger partial charge in [0.2, 0.25) is 5.91 Å². The quantitative estimate of drug-likeness (QED) is 0.733. The SMILES string of the molecule is COc1cccc(CN2CCC[C@H]([C@H](NC(=O)[C@@H]3CCCO3)c3ccccn3)C2)c1F. The second-order valence-electron chi connectivity index (χ2n) is 8.31. The van der Waals surface area contributed by atoms with Gasteiger partial charge in [-0.05, 0) is 56.3 Å². The molecule has 3 heterocycles. The minimum atomic E-state index is -0.378. The summed E-state index contributed by atoms with van der Waals surface area (Å²) in [6.45, 7) is 2.79. The average molecular weight is 428 g/mol. The smallest absolute Gasteiger partial charge is 0.249 e. The third kappa shape index (κ3) is 5.22. The fourth-order valence-corrected chi connectivity index (χ4v) is 4.61. The number of amides is 1. The molecular weight excluding hydrogens is 397 g/mol. The van der Waals surface area contributed by atoms with Gasteiger partial charge in [0.15, 0.2) is 11.6 Å². The van der Waals surface area contributed by atoms with Gasteiger partial charge in [-0.15, -0.1) is 0 Å². The van der Waals surface area contributed by atoms with Gasteiger partial charge in [-0.1, -0.05) is 18.2 Å². The Balaban J connectivity index is 1.49. The molecule has 0 unspecified atom stereocenters. The summed E-state index contributed by atoms with van der Waals surface area (Å²) in [6, 6.07) is 10.8. The molecule has 3 atom stereocenters. The number of benzene rings is 1. The Labute approximate surface area is 182 Å². The van der Waals surface area contributed by atoms with Crippen LogP contribution in [0.15, 0.2) is 42.6 Å². The number of hydrogen-bond donors (Lipinski definition) is 1. The zero-order valence-corrected chi connectivity index (χ0v) is 17.9. The summed E-state index contributed by atoms with van der Waals surface area (Å²) < 4.78 is 25.4. The van der Waals surface area contributed by atoms with Crippen molar-refractivity contribution in [2.24, 2.45) is 5.92 Å². The molecule has 2 fully saturated rings. The first-order valence-electron chi connectivity index (χ1n) is 11.0. The molecular formula is C24H30FN3O3. The molecule has 7 heteroatoms. The van der Waals surface area contributed by atoms with Crippen LogP contribution < -0.4 is 10.1 Å². The number of nitrogens with zero attached hydrogens (tertiary/aromatic N) is 2. The first kappa shape index (κ1) is 21.7. The lowest BCUT2D eigenvalue weighted by molar-refractivity contribution is -0.131. The summed E-state index contributed by atoms with van der Waals surface area (Å²) in [6.07, 6.45) is 5.01. The van der Waals surface area contributed by atoms with Gasteiger partial charge < -0.3 is 14.8 Å². The van der Waals surface area contributed by atoms with Crippen molar-refractivity contribution in [1.82, 2.24) is 15.2 Å². The molecule has 1 N–H and O–H groups in total. The van der Waals surface area contributed by atoms with Crippen LogP contribution in [-0.4, -0.2) is 48.7 Å². The fraction of sp³-hybridized carbons (Fsp3) is 0.500. The average Bonchev–Trinajstić information content (AvgIpc) is 3.35. The van der Waals surface area contributed by atoms with E-state index in [1.807, 2.05) is 24.3 Å². The first-order valence-corrected chi connectivity index (χ1v) is 11.0. The number of hydrogen-bond acceptors (Lipinski definition) is 5. The van der Waals surface area contributed by atoms with Crippen molar-refractivity contribution >= 4 is 5.91 Å². The van der Waals surface area contributed by atoms with Crippen LogP contribution in [0.5, 0.6) is 5.75 Å². The van der Waals surface area contributed by atoms with E-state index in [0.717, 1.165) is 44.5 Å². The summed E-state index contributed by atoms with van der Waals surface area (Å²) >= 11 is 0. The van der Waals surface area contributed by atoms with Crippen LogP contribution in [0.1, 0.15) is 43.0 Å². The number of piperidine rings is 1.